The summed E-state index contributed by atoms with van der Waals surface area (Å²) in [7, 11) is 0. The Kier molecular flexibility index (Phi) is 2.40. The van der Waals surface area contributed by atoms with E-state index in [1.807, 2.05) is 18.2 Å². The van der Waals surface area contributed by atoms with Gasteiger partial charge < -0.3 is 4.74 Å². The van der Waals surface area contributed by atoms with Crippen LogP contribution in [0.2, 0.25) is 0 Å². The van der Waals surface area contributed by atoms with Crippen molar-refractivity contribution < 1.29 is 4.74 Å². The first kappa shape index (κ1) is 8.69. The molecular weight excluding hydrogens is 176 g/mol. The van der Waals surface area contributed by atoms with Crippen LogP contribution in [0.3, 0.4) is 0 Å². The second-order valence-electron chi connectivity index (χ2n) is 2.90. The zero-order valence-electron chi connectivity index (χ0n) is 7.68. The van der Waals surface area contributed by atoms with Crippen molar-refractivity contribution in [1.29, 1.82) is 0 Å². The van der Waals surface area contributed by atoms with Crippen molar-refractivity contribution in [3.8, 4) is 5.88 Å². The normalized spacial score (nSPS) is 19.6. The van der Waals surface area contributed by atoms with Crippen LogP contribution in [0, 0.1) is 0 Å². The predicted molar refractivity (Wildman–Crippen MR) is 55.3 cm³/mol. The molecule has 0 bridgehead atoms. The van der Waals surface area contributed by atoms with Gasteiger partial charge in [0.15, 0.2) is 0 Å². The van der Waals surface area contributed by atoms with E-state index < -0.39 is 0 Å². The molecule has 0 saturated carbocycles. The predicted octanol–water partition coefficient (Wildman–Crippen LogP) is 2.11. The maximum absolute atomic E-state index is 5.42. The highest BCUT2D eigenvalue weighted by atomic mass is 16.5. The highest BCUT2D eigenvalue weighted by molar-refractivity contribution is 5.76. The third-order valence-corrected chi connectivity index (χ3v) is 1.83. The maximum Gasteiger partial charge on any atom is 0.222 e. The van der Waals surface area contributed by atoms with Gasteiger partial charge in [-0.05, 0) is 12.5 Å². The highest BCUT2D eigenvalue weighted by Crippen LogP contribution is 2.17. The molecule has 2 heterocycles. The van der Waals surface area contributed by atoms with Gasteiger partial charge in [0.25, 0.3) is 0 Å². The van der Waals surface area contributed by atoms with Gasteiger partial charge in [0.2, 0.25) is 5.88 Å². The van der Waals surface area contributed by atoms with Gasteiger partial charge in [-0.15, -0.1) is 0 Å². The Hall–Kier alpha value is -1.90. The van der Waals surface area contributed by atoms with E-state index in [1.54, 1.807) is 18.6 Å². The molecule has 1 aromatic rings. The number of rotatable bonds is 0. The minimum atomic E-state index is 0.497. The van der Waals surface area contributed by atoms with Crippen LogP contribution >= 0.6 is 0 Å². The number of aliphatic imine (C=N–C) groups is 1. The lowest BCUT2D eigenvalue weighted by Crippen LogP contribution is -1.99. The van der Waals surface area contributed by atoms with Gasteiger partial charge in [0, 0.05) is 18.0 Å². The standard InChI is InChI=1S/C11H10N2O/c1-9-8-12-6-2-4-10-5-3-7-13-11(10)14-9/h2-3,5-8H,1,4H2/b6-2-,12-8-. The fraction of sp³-hybridized carbons (Fsp3) is 0.0909. The SMILES string of the molecule is C=C1/C=N\C=C/Cc2cccnc2O1. The molecule has 1 aliphatic heterocycles. The van der Waals surface area contributed by atoms with E-state index in [0.717, 1.165) is 12.0 Å². The zero-order valence-corrected chi connectivity index (χ0v) is 7.68. The van der Waals surface area contributed by atoms with E-state index in [1.165, 1.54) is 0 Å². The molecule has 0 aliphatic carbocycles. The number of aromatic nitrogens is 1. The Labute approximate surface area is 82.5 Å². The van der Waals surface area contributed by atoms with Crippen molar-refractivity contribution in [2.45, 2.75) is 6.42 Å². The van der Waals surface area contributed by atoms with Gasteiger partial charge in [0.1, 0.15) is 5.76 Å². The number of pyridine rings is 1. The fourth-order valence-electron chi connectivity index (χ4n) is 1.19. The fourth-order valence-corrected chi connectivity index (χ4v) is 1.19. The Bertz CT molecular complexity index is 408. The Balaban J connectivity index is 2.39. The number of hydrogen-bond acceptors (Lipinski definition) is 3. The lowest BCUT2D eigenvalue weighted by atomic mass is 10.2. The van der Waals surface area contributed by atoms with Gasteiger partial charge in [-0.2, -0.15) is 0 Å². The van der Waals surface area contributed by atoms with Crippen molar-refractivity contribution in [3.05, 3.63) is 48.5 Å². The van der Waals surface area contributed by atoms with Crippen LogP contribution in [0.1, 0.15) is 5.56 Å². The van der Waals surface area contributed by atoms with Crippen molar-refractivity contribution in [2.24, 2.45) is 4.99 Å². The third kappa shape index (κ3) is 1.88. The van der Waals surface area contributed by atoms with Crippen molar-refractivity contribution in [2.75, 3.05) is 0 Å². The van der Waals surface area contributed by atoms with Gasteiger partial charge in [-0.3, -0.25) is 4.99 Å². The van der Waals surface area contributed by atoms with Crippen LogP contribution in [0.5, 0.6) is 5.88 Å². The van der Waals surface area contributed by atoms with Crippen LogP contribution in [0.4, 0.5) is 0 Å². The molecule has 0 N–H and O–H groups in total. The zero-order chi connectivity index (χ0) is 9.80. The van der Waals surface area contributed by atoms with Crippen LogP contribution in [0.25, 0.3) is 0 Å². The molecule has 1 aromatic heterocycles. The molecule has 0 atom stereocenters. The first-order valence-corrected chi connectivity index (χ1v) is 4.35. The van der Waals surface area contributed by atoms with E-state index in [-0.39, 0.29) is 0 Å². The summed E-state index contributed by atoms with van der Waals surface area (Å²) in [5, 5.41) is 0. The molecule has 1 aliphatic rings. The Morgan fingerprint density at radius 2 is 2.36 bits per heavy atom. The van der Waals surface area contributed by atoms with Crippen LogP contribution in [0.15, 0.2) is 47.9 Å². The molecule has 0 aromatic carbocycles. The lowest BCUT2D eigenvalue weighted by molar-refractivity contribution is 0.436. The number of nitrogens with zero attached hydrogens (tertiary/aromatic N) is 2. The van der Waals surface area contributed by atoms with E-state index in [2.05, 4.69) is 16.6 Å². The van der Waals surface area contributed by atoms with Crippen LogP contribution in [-0.2, 0) is 6.42 Å². The minimum Gasteiger partial charge on any atom is -0.438 e. The average molecular weight is 186 g/mol. The van der Waals surface area contributed by atoms with Crippen LogP contribution < -0.4 is 4.74 Å². The second kappa shape index (κ2) is 3.87. The summed E-state index contributed by atoms with van der Waals surface area (Å²) in [5.74, 6) is 1.10. The van der Waals surface area contributed by atoms with Crippen molar-refractivity contribution >= 4 is 6.21 Å². The number of allylic oxidation sites excluding steroid dienone is 2. The summed E-state index contributed by atoms with van der Waals surface area (Å²) in [6.45, 7) is 3.71. The molecule has 0 spiro atoms. The second-order valence-corrected chi connectivity index (χ2v) is 2.90. The first-order valence-electron chi connectivity index (χ1n) is 4.35. The molecule has 3 heteroatoms. The van der Waals surface area contributed by atoms with E-state index in [4.69, 9.17) is 4.74 Å². The number of hydrogen-bond donors (Lipinski definition) is 0. The molecule has 0 radical (unpaired) electrons. The van der Waals surface area contributed by atoms with Gasteiger partial charge in [-0.25, -0.2) is 4.98 Å². The van der Waals surface area contributed by atoms with Crippen LogP contribution in [-0.4, -0.2) is 11.2 Å². The molecule has 2 rings (SSSR count). The topological polar surface area (TPSA) is 34.5 Å². The number of fused-ring (bicyclic) bond motifs is 1. The molecule has 0 amide bonds. The average Bonchev–Trinajstić information content (AvgIpc) is 2.27. The van der Waals surface area contributed by atoms with Gasteiger partial charge in [0.05, 0.1) is 6.21 Å². The Morgan fingerprint density at radius 3 is 3.29 bits per heavy atom. The molecule has 0 saturated heterocycles. The molecule has 0 unspecified atom stereocenters. The van der Waals surface area contributed by atoms with Gasteiger partial charge in [-0.1, -0.05) is 18.7 Å². The summed E-state index contributed by atoms with van der Waals surface area (Å²) in [6.07, 6.45) is 7.73. The first-order chi connectivity index (χ1) is 6.86. The quantitative estimate of drug-likeness (QED) is 0.622. The van der Waals surface area contributed by atoms with Gasteiger partial charge >= 0.3 is 0 Å². The summed E-state index contributed by atoms with van der Waals surface area (Å²) in [6, 6.07) is 3.86. The summed E-state index contributed by atoms with van der Waals surface area (Å²) >= 11 is 0. The van der Waals surface area contributed by atoms with Crippen molar-refractivity contribution in [3.63, 3.8) is 0 Å². The van der Waals surface area contributed by atoms with Crippen molar-refractivity contribution in [1.82, 2.24) is 4.98 Å². The molecular formula is C11H10N2O. The molecule has 0 fully saturated rings. The van der Waals surface area contributed by atoms with E-state index >= 15 is 0 Å². The summed E-state index contributed by atoms with van der Waals surface area (Å²) in [5.41, 5.74) is 1.04. The lowest BCUT2D eigenvalue weighted by Gasteiger charge is -2.06. The maximum atomic E-state index is 5.42. The highest BCUT2D eigenvalue weighted by Gasteiger charge is 2.04. The van der Waals surface area contributed by atoms with E-state index in [0.29, 0.717) is 11.6 Å². The molecule has 70 valence electrons. The smallest absolute Gasteiger partial charge is 0.222 e. The summed E-state index contributed by atoms with van der Waals surface area (Å²) < 4.78 is 5.42. The third-order valence-electron chi connectivity index (χ3n) is 1.83. The minimum absolute atomic E-state index is 0.497. The number of ether oxygens (including phenoxy) is 1. The molecule has 14 heavy (non-hydrogen) atoms. The van der Waals surface area contributed by atoms with E-state index in [9.17, 15) is 0 Å². The summed E-state index contributed by atoms with van der Waals surface area (Å²) in [4.78, 5) is 8.13. The monoisotopic (exact) mass is 186 g/mol. The molecule has 3 nitrogen and oxygen atoms in total. The largest absolute Gasteiger partial charge is 0.438 e. The Morgan fingerprint density at radius 1 is 1.43 bits per heavy atom.